The normalized spacial score (nSPS) is 14.7. The standard InChI is InChI=1S/C12H18O3/c1-4-9-5-6-11(15-3)10(7-9)12(14)8(2)13/h5-8,12-14H,4H2,1-3H3. The molecule has 15 heavy (non-hydrogen) atoms. The second-order valence-electron chi connectivity index (χ2n) is 3.62. The van der Waals surface area contributed by atoms with Gasteiger partial charge in [-0.15, -0.1) is 0 Å². The summed E-state index contributed by atoms with van der Waals surface area (Å²) in [5, 5.41) is 19.2. The van der Waals surface area contributed by atoms with Crippen molar-refractivity contribution in [2.75, 3.05) is 7.11 Å². The van der Waals surface area contributed by atoms with Crippen molar-refractivity contribution in [2.24, 2.45) is 0 Å². The van der Waals surface area contributed by atoms with E-state index in [-0.39, 0.29) is 0 Å². The monoisotopic (exact) mass is 210 g/mol. The highest BCUT2D eigenvalue weighted by Crippen LogP contribution is 2.28. The van der Waals surface area contributed by atoms with Gasteiger partial charge in [0.1, 0.15) is 11.9 Å². The van der Waals surface area contributed by atoms with Gasteiger partial charge in [-0.2, -0.15) is 0 Å². The largest absolute Gasteiger partial charge is 0.496 e. The van der Waals surface area contributed by atoms with Crippen LogP contribution in [0.25, 0.3) is 0 Å². The number of aliphatic hydroxyl groups excluding tert-OH is 2. The lowest BCUT2D eigenvalue weighted by molar-refractivity contribution is 0.0290. The van der Waals surface area contributed by atoms with Gasteiger partial charge in [0.15, 0.2) is 0 Å². The lowest BCUT2D eigenvalue weighted by Gasteiger charge is -2.18. The third kappa shape index (κ3) is 2.70. The summed E-state index contributed by atoms with van der Waals surface area (Å²) < 4.78 is 5.15. The molecule has 0 aliphatic rings. The highest BCUT2D eigenvalue weighted by atomic mass is 16.5. The lowest BCUT2D eigenvalue weighted by Crippen LogP contribution is -2.15. The molecule has 0 heterocycles. The number of hydrogen-bond acceptors (Lipinski definition) is 3. The van der Waals surface area contributed by atoms with E-state index in [0.29, 0.717) is 11.3 Å². The van der Waals surface area contributed by atoms with E-state index >= 15 is 0 Å². The quantitative estimate of drug-likeness (QED) is 0.794. The van der Waals surface area contributed by atoms with Gasteiger partial charge in [0.2, 0.25) is 0 Å². The van der Waals surface area contributed by atoms with Crippen LogP contribution in [-0.4, -0.2) is 23.4 Å². The number of methoxy groups -OCH3 is 1. The molecule has 0 saturated heterocycles. The van der Waals surface area contributed by atoms with Crippen LogP contribution >= 0.6 is 0 Å². The van der Waals surface area contributed by atoms with Crippen LogP contribution in [0.4, 0.5) is 0 Å². The van der Waals surface area contributed by atoms with Gasteiger partial charge in [-0.05, 0) is 31.0 Å². The molecule has 0 bridgehead atoms. The number of rotatable bonds is 4. The number of benzene rings is 1. The van der Waals surface area contributed by atoms with Crippen LogP contribution in [0.15, 0.2) is 18.2 Å². The van der Waals surface area contributed by atoms with E-state index in [4.69, 9.17) is 4.74 Å². The number of ether oxygens (including phenoxy) is 1. The maximum Gasteiger partial charge on any atom is 0.124 e. The minimum Gasteiger partial charge on any atom is -0.496 e. The van der Waals surface area contributed by atoms with Gasteiger partial charge in [-0.3, -0.25) is 0 Å². The molecule has 0 fully saturated rings. The Morgan fingerprint density at radius 3 is 2.47 bits per heavy atom. The zero-order valence-electron chi connectivity index (χ0n) is 9.40. The second kappa shape index (κ2) is 5.14. The second-order valence-corrected chi connectivity index (χ2v) is 3.62. The molecular weight excluding hydrogens is 192 g/mol. The molecule has 1 aromatic rings. The number of aliphatic hydroxyl groups is 2. The SMILES string of the molecule is CCc1ccc(OC)c(C(O)C(C)O)c1. The van der Waals surface area contributed by atoms with Crippen molar-refractivity contribution < 1.29 is 14.9 Å². The van der Waals surface area contributed by atoms with Crippen LogP contribution in [0.5, 0.6) is 5.75 Å². The zero-order valence-corrected chi connectivity index (χ0v) is 9.40. The van der Waals surface area contributed by atoms with E-state index in [1.54, 1.807) is 14.0 Å². The van der Waals surface area contributed by atoms with Crippen molar-refractivity contribution in [2.45, 2.75) is 32.5 Å². The minimum atomic E-state index is -0.897. The fourth-order valence-corrected chi connectivity index (χ4v) is 1.49. The molecule has 0 spiro atoms. The first-order valence-electron chi connectivity index (χ1n) is 5.13. The Bertz CT molecular complexity index is 321. The molecule has 0 amide bonds. The molecule has 1 aromatic carbocycles. The van der Waals surface area contributed by atoms with E-state index in [9.17, 15) is 10.2 Å². The van der Waals surface area contributed by atoms with Crippen molar-refractivity contribution in [3.05, 3.63) is 29.3 Å². The van der Waals surface area contributed by atoms with Gasteiger partial charge < -0.3 is 14.9 Å². The Morgan fingerprint density at radius 2 is 2.00 bits per heavy atom. The third-order valence-corrected chi connectivity index (χ3v) is 2.48. The van der Waals surface area contributed by atoms with Gasteiger partial charge in [-0.25, -0.2) is 0 Å². The van der Waals surface area contributed by atoms with Gasteiger partial charge >= 0.3 is 0 Å². The van der Waals surface area contributed by atoms with E-state index in [1.807, 2.05) is 25.1 Å². The Labute approximate surface area is 90.3 Å². The highest BCUT2D eigenvalue weighted by Gasteiger charge is 2.18. The summed E-state index contributed by atoms with van der Waals surface area (Å²) in [6.07, 6.45) is -0.804. The van der Waals surface area contributed by atoms with Crippen LogP contribution in [-0.2, 0) is 6.42 Å². The predicted molar refractivity (Wildman–Crippen MR) is 59.0 cm³/mol. The van der Waals surface area contributed by atoms with Crippen molar-refractivity contribution >= 4 is 0 Å². The fourth-order valence-electron chi connectivity index (χ4n) is 1.49. The summed E-state index contributed by atoms with van der Waals surface area (Å²) in [4.78, 5) is 0. The van der Waals surface area contributed by atoms with Crippen molar-refractivity contribution in [1.29, 1.82) is 0 Å². The first-order chi connectivity index (χ1) is 7.10. The van der Waals surface area contributed by atoms with Crippen molar-refractivity contribution in [3.63, 3.8) is 0 Å². The molecule has 2 unspecified atom stereocenters. The van der Waals surface area contributed by atoms with Crippen molar-refractivity contribution in [1.82, 2.24) is 0 Å². The highest BCUT2D eigenvalue weighted by molar-refractivity contribution is 5.39. The van der Waals surface area contributed by atoms with Crippen LogP contribution in [0.2, 0.25) is 0 Å². The Hall–Kier alpha value is -1.06. The van der Waals surface area contributed by atoms with E-state index in [1.165, 1.54) is 0 Å². The zero-order chi connectivity index (χ0) is 11.4. The molecule has 2 atom stereocenters. The van der Waals surface area contributed by atoms with Gasteiger partial charge in [0, 0.05) is 5.56 Å². The maximum atomic E-state index is 9.80. The van der Waals surface area contributed by atoms with Gasteiger partial charge in [0.05, 0.1) is 13.2 Å². The molecule has 0 aromatic heterocycles. The van der Waals surface area contributed by atoms with E-state index in [2.05, 4.69) is 0 Å². The van der Waals surface area contributed by atoms with Crippen LogP contribution in [0.1, 0.15) is 31.1 Å². The molecule has 3 nitrogen and oxygen atoms in total. The Kier molecular flexibility index (Phi) is 4.12. The van der Waals surface area contributed by atoms with Crippen LogP contribution < -0.4 is 4.74 Å². The molecule has 0 saturated carbocycles. The molecule has 0 aliphatic heterocycles. The predicted octanol–water partition coefficient (Wildman–Crippen LogP) is 1.67. The smallest absolute Gasteiger partial charge is 0.124 e. The summed E-state index contributed by atoms with van der Waals surface area (Å²) in [7, 11) is 1.55. The number of hydrogen-bond donors (Lipinski definition) is 2. The topological polar surface area (TPSA) is 49.7 Å². The fraction of sp³-hybridized carbons (Fsp3) is 0.500. The minimum absolute atomic E-state index is 0.612. The first kappa shape index (κ1) is 12.0. The van der Waals surface area contributed by atoms with Gasteiger partial charge in [-0.1, -0.05) is 13.0 Å². The van der Waals surface area contributed by atoms with E-state index < -0.39 is 12.2 Å². The maximum absolute atomic E-state index is 9.80. The summed E-state index contributed by atoms with van der Waals surface area (Å²) in [5.74, 6) is 0.612. The molecule has 0 radical (unpaired) electrons. The average Bonchev–Trinajstić information content (AvgIpc) is 2.27. The van der Waals surface area contributed by atoms with Crippen LogP contribution in [0, 0.1) is 0 Å². The summed E-state index contributed by atoms with van der Waals surface area (Å²) >= 11 is 0. The average molecular weight is 210 g/mol. The lowest BCUT2D eigenvalue weighted by atomic mass is 10.0. The molecule has 3 heteroatoms. The molecule has 1 rings (SSSR count). The molecule has 84 valence electrons. The first-order valence-corrected chi connectivity index (χ1v) is 5.13. The molecule has 0 aliphatic carbocycles. The Balaban J connectivity index is 3.11. The third-order valence-electron chi connectivity index (χ3n) is 2.48. The summed E-state index contributed by atoms with van der Waals surface area (Å²) in [6, 6.07) is 5.65. The number of aryl methyl sites for hydroxylation is 1. The summed E-state index contributed by atoms with van der Waals surface area (Å²) in [5.41, 5.74) is 1.76. The summed E-state index contributed by atoms with van der Waals surface area (Å²) in [6.45, 7) is 3.60. The van der Waals surface area contributed by atoms with Crippen molar-refractivity contribution in [3.8, 4) is 5.75 Å². The molecular formula is C12H18O3. The van der Waals surface area contributed by atoms with Gasteiger partial charge in [0.25, 0.3) is 0 Å². The van der Waals surface area contributed by atoms with E-state index in [0.717, 1.165) is 12.0 Å². The molecule has 2 N–H and O–H groups in total. The Morgan fingerprint density at radius 1 is 1.33 bits per heavy atom. The van der Waals surface area contributed by atoms with Crippen LogP contribution in [0.3, 0.4) is 0 Å².